The normalized spacial score (nSPS) is 29.8. The molecular weight excluding hydrogens is 433 g/mol. The van der Waals surface area contributed by atoms with E-state index >= 15 is 0 Å². The number of aliphatic hydroxyl groups is 1. The van der Waals surface area contributed by atoms with E-state index in [0.717, 1.165) is 5.56 Å². The Morgan fingerprint density at radius 1 is 1.12 bits per heavy atom. The van der Waals surface area contributed by atoms with Crippen LogP contribution in [0.2, 0.25) is 0 Å². The van der Waals surface area contributed by atoms with E-state index < -0.39 is 48.5 Å². The topological polar surface area (TPSA) is 116 Å². The number of carboxylic acids is 1. The summed E-state index contributed by atoms with van der Waals surface area (Å²) in [6.07, 6.45) is -3.20. The number of hydrogen-bond donors (Lipinski definition) is 2. The van der Waals surface area contributed by atoms with E-state index in [9.17, 15) is 19.4 Å². The Bertz CT molecular complexity index is 1130. The molecule has 2 fully saturated rings. The van der Waals surface area contributed by atoms with Crippen molar-refractivity contribution in [2.24, 2.45) is 0 Å². The van der Waals surface area contributed by atoms with Crippen molar-refractivity contribution in [2.75, 3.05) is 6.61 Å². The van der Waals surface area contributed by atoms with Gasteiger partial charge in [0.15, 0.2) is 12.4 Å². The Labute approximate surface area is 188 Å². The summed E-state index contributed by atoms with van der Waals surface area (Å²) in [5.74, 6) is -1.71. The Balaban J connectivity index is 1.51. The van der Waals surface area contributed by atoms with Crippen LogP contribution in [0.3, 0.4) is 0 Å². The van der Waals surface area contributed by atoms with Crippen molar-refractivity contribution >= 4 is 5.97 Å². The molecule has 2 N–H and O–H groups in total. The molecule has 9 nitrogen and oxygen atoms in total. The van der Waals surface area contributed by atoms with E-state index in [1.54, 1.807) is 12.1 Å². The molecule has 2 aliphatic rings. The number of ether oxygens (including phenoxy) is 3. The van der Waals surface area contributed by atoms with Gasteiger partial charge in [-0.25, -0.2) is 13.9 Å². The molecule has 1 aromatic heterocycles. The lowest BCUT2D eigenvalue weighted by atomic mass is 9.91. The number of benzene rings is 2. The molecule has 0 amide bonds. The van der Waals surface area contributed by atoms with Crippen LogP contribution in [0.25, 0.3) is 11.3 Å². The number of rotatable bonds is 4. The van der Waals surface area contributed by atoms with Gasteiger partial charge >= 0.3 is 5.97 Å². The first-order valence-electron chi connectivity index (χ1n) is 10.6. The molecule has 2 aromatic carbocycles. The van der Waals surface area contributed by atoms with Gasteiger partial charge in [-0.15, -0.1) is 5.10 Å². The summed E-state index contributed by atoms with van der Waals surface area (Å²) in [7, 11) is 0. The molecule has 10 heteroatoms. The number of halogens is 1. The Hall–Kier alpha value is -3.18. The largest absolute Gasteiger partial charge is 0.479 e. The third-order valence-electron chi connectivity index (χ3n) is 5.89. The number of aromatic nitrogens is 3. The van der Waals surface area contributed by atoms with Gasteiger partial charge in [-0.2, -0.15) is 0 Å². The van der Waals surface area contributed by atoms with Gasteiger partial charge in [0.2, 0.25) is 0 Å². The van der Waals surface area contributed by atoms with Crippen molar-refractivity contribution in [1.29, 1.82) is 0 Å². The molecule has 33 heavy (non-hydrogen) atoms. The predicted molar refractivity (Wildman–Crippen MR) is 111 cm³/mol. The van der Waals surface area contributed by atoms with Gasteiger partial charge in [0.05, 0.1) is 18.9 Å². The van der Waals surface area contributed by atoms with Gasteiger partial charge in [0.25, 0.3) is 0 Å². The molecule has 0 radical (unpaired) electrons. The number of fused-ring (bicyclic) bond motifs is 1. The molecule has 5 rings (SSSR count). The summed E-state index contributed by atoms with van der Waals surface area (Å²) in [5, 5.41) is 28.9. The van der Waals surface area contributed by atoms with Gasteiger partial charge in [-0.1, -0.05) is 47.7 Å². The van der Waals surface area contributed by atoms with Crippen LogP contribution in [0.4, 0.5) is 4.39 Å². The fraction of sp³-hybridized carbons (Fsp3) is 0.348. The summed E-state index contributed by atoms with van der Waals surface area (Å²) in [6.45, 7) is 0.280. The second-order valence-electron chi connectivity index (χ2n) is 8.01. The molecule has 1 unspecified atom stereocenters. The summed E-state index contributed by atoms with van der Waals surface area (Å²) >= 11 is 0. The summed E-state index contributed by atoms with van der Waals surface area (Å²) in [5.41, 5.74) is 1.66. The molecule has 3 heterocycles. The zero-order valence-corrected chi connectivity index (χ0v) is 17.4. The maximum Gasteiger partial charge on any atom is 0.335 e. The first-order valence-corrected chi connectivity index (χ1v) is 10.6. The van der Waals surface area contributed by atoms with Crippen molar-refractivity contribution in [2.45, 2.75) is 43.2 Å². The average Bonchev–Trinajstić information content (AvgIpc) is 3.19. The first-order chi connectivity index (χ1) is 16.0. The minimum atomic E-state index is -1.48. The number of hydrogen-bond acceptors (Lipinski definition) is 7. The third kappa shape index (κ3) is 4.25. The molecule has 6 atom stereocenters. The smallest absolute Gasteiger partial charge is 0.335 e. The van der Waals surface area contributed by atoms with Gasteiger partial charge in [-0.05, 0) is 18.6 Å². The van der Waals surface area contributed by atoms with Crippen LogP contribution < -0.4 is 0 Å². The van der Waals surface area contributed by atoms with E-state index in [1.165, 1.54) is 23.0 Å². The maximum atomic E-state index is 13.7. The monoisotopic (exact) mass is 455 g/mol. The van der Waals surface area contributed by atoms with E-state index in [1.807, 2.05) is 30.3 Å². The van der Waals surface area contributed by atoms with Crippen LogP contribution in [-0.2, 0) is 19.0 Å². The second kappa shape index (κ2) is 8.99. The molecule has 3 aromatic rings. The van der Waals surface area contributed by atoms with Gasteiger partial charge in [0.1, 0.15) is 29.8 Å². The molecule has 172 valence electrons. The SMILES string of the molecule is O=C(O)[C@@H]1O[C@@H]2CCOC(c3ccccc3)O[C@@H]2[C@H](n2cc(-c3cccc(F)c3)nn2)[C@H]1O. The second-order valence-corrected chi connectivity index (χ2v) is 8.01. The van der Waals surface area contributed by atoms with Crippen LogP contribution in [-0.4, -0.2) is 62.2 Å². The number of carbonyl (C=O) groups is 1. The van der Waals surface area contributed by atoms with Crippen LogP contribution in [0.5, 0.6) is 0 Å². The highest BCUT2D eigenvalue weighted by molar-refractivity contribution is 5.73. The average molecular weight is 455 g/mol. The molecule has 2 aliphatic heterocycles. The van der Waals surface area contributed by atoms with Crippen molar-refractivity contribution in [3.8, 4) is 11.3 Å². The van der Waals surface area contributed by atoms with Crippen molar-refractivity contribution in [3.63, 3.8) is 0 Å². The molecule has 0 saturated carbocycles. The Morgan fingerprint density at radius 2 is 1.94 bits per heavy atom. The van der Waals surface area contributed by atoms with Gasteiger partial charge < -0.3 is 24.4 Å². The highest BCUT2D eigenvalue weighted by Crippen LogP contribution is 2.39. The van der Waals surface area contributed by atoms with E-state index in [-0.39, 0.29) is 6.61 Å². The standard InChI is InChI=1S/C23H22FN3O6/c24-15-8-4-7-14(11-15)16-12-27(26-25-16)18-19(28)21(22(29)30)32-17-9-10-31-23(33-20(17)18)13-5-2-1-3-6-13/h1-8,11-12,17-21,23,28H,9-10H2,(H,29,30)/t17-,18-,19-,20+,21-,23?/m1/s1. The quantitative estimate of drug-likeness (QED) is 0.616. The Morgan fingerprint density at radius 3 is 2.70 bits per heavy atom. The molecule has 0 bridgehead atoms. The minimum Gasteiger partial charge on any atom is -0.479 e. The molecular formula is C23H22FN3O6. The molecule has 0 aliphatic carbocycles. The zero-order valence-electron chi connectivity index (χ0n) is 17.4. The highest BCUT2D eigenvalue weighted by atomic mass is 19.1. The van der Waals surface area contributed by atoms with E-state index in [4.69, 9.17) is 14.2 Å². The maximum absolute atomic E-state index is 13.7. The lowest BCUT2D eigenvalue weighted by Crippen LogP contribution is -2.57. The number of aliphatic carboxylic acids is 1. The fourth-order valence-corrected chi connectivity index (χ4v) is 4.31. The van der Waals surface area contributed by atoms with Crippen molar-refractivity contribution < 1.29 is 33.6 Å². The van der Waals surface area contributed by atoms with Crippen LogP contribution in [0.1, 0.15) is 24.3 Å². The Kier molecular flexibility index (Phi) is 5.90. The lowest BCUT2D eigenvalue weighted by Gasteiger charge is -2.42. The number of aliphatic hydroxyl groups excluding tert-OH is 1. The first kappa shape index (κ1) is 21.7. The predicted octanol–water partition coefficient (Wildman–Crippen LogP) is 2.34. The van der Waals surface area contributed by atoms with Crippen LogP contribution >= 0.6 is 0 Å². The number of nitrogens with zero attached hydrogens (tertiary/aromatic N) is 3. The van der Waals surface area contributed by atoms with Gasteiger partial charge in [0, 0.05) is 11.1 Å². The fourth-order valence-electron chi connectivity index (χ4n) is 4.31. The highest BCUT2D eigenvalue weighted by Gasteiger charge is 2.51. The van der Waals surface area contributed by atoms with Crippen LogP contribution in [0.15, 0.2) is 60.8 Å². The molecule has 2 saturated heterocycles. The summed E-state index contributed by atoms with van der Waals surface area (Å²) in [6, 6.07) is 14.3. The third-order valence-corrected chi connectivity index (χ3v) is 5.89. The summed E-state index contributed by atoms with van der Waals surface area (Å²) < 4.78 is 32.9. The van der Waals surface area contributed by atoms with Gasteiger partial charge in [-0.3, -0.25) is 0 Å². The van der Waals surface area contributed by atoms with E-state index in [0.29, 0.717) is 17.7 Å². The summed E-state index contributed by atoms with van der Waals surface area (Å²) in [4.78, 5) is 11.8. The number of carboxylic acid groups (broad SMARTS) is 1. The van der Waals surface area contributed by atoms with E-state index in [2.05, 4.69) is 10.3 Å². The van der Waals surface area contributed by atoms with Crippen molar-refractivity contribution in [1.82, 2.24) is 15.0 Å². The van der Waals surface area contributed by atoms with Crippen molar-refractivity contribution in [3.05, 3.63) is 72.2 Å². The minimum absolute atomic E-state index is 0.280. The zero-order chi connectivity index (χ0) is 22.9. The lowest BCUT2D eigenvalue weighted by molar-refractivity contribution is -0.242. The molecule has 0 spiro atoms. The van der Waals surface area contributed by atoms with Crippen LogP contribution in [0, 0.1) is 5.82 Å².